The van der Waals surface area contributed by atoms with Crippen molar-refractivity contribution < 1.29 is 8.78 Å². The first-order valence-corrected chi connectivity index (χ1v) is 7.50. The maximum absolute atomic E-state index is 14.1. The van der Waals surface area contributed by atoms with Crippen LogP contribution in [0, 0.1) is 30.4 Å². The summed E-state index contributed by atoms with van der Waals surface area (Å²) in [7, 11) is 0. The zero-order valence-corrected chi connectivity index (χ0v) is 12.3. The van der Waals surface area contributed by atoms with Crippen LogP contribution in [0.25, 0.3) is 0 Å². The molecule has 1 fully saturated rings. The summed E-state index contributed by atoms with van der Waals surface area (Å²) < 4.78 is 27.5. The molecule has 3 N–H and O–H groups in total. The first-order valence-electron chi connectivity index (χ1n) is 7.50. The minimum Gasteiger partial charge on any atom is -0.271 e. The molecular weight excluding hydrogens is 258 g/mol. The maximum Gasteiger partial charge on any atom is 0.130 e. The van der Waals surface area contributed by atoms with Crippen molar-refractivity contribution in [3.05, 3.63) is 34.9 Å². The molecule has 0 aliphatic heterocycles. The topological polar surface area (TPSA) is 38.0 Å². The number of hydrogen-bond donors (Lipinski definition) is 2. The van der Waals surface area contributed by atoms with Gasteiger partial charge < -0.3 is 0 Å². The minimum atomic E-state index is -0.503. The SMILES string of the molecule is CCC1CCCCC1C(NN)c1cc(C)c(F)cc1F. The average molecular weight is 282 g/mol. The number of hydrazine groups is 1. The van der Waals surface area contributed by atoms with E-state index in [1.54, 1.807) is 13.0 Å². The molecule has 1 aromatic carbocycles. The fourth-order valence-electron chi connectivity index (χ4n) is 3.54. The van der Waals surface area contributed by atoms with Crippen LogP contribution in [-0.2, 0) is 0 Å². The Balaban J connectivity index is 2.33. The molecule has 0 aromatic heterocycles. The van der Waals surface area contributed by atoms with Crippen LogP contribution in [0.4, 0.5) is 8.78 Å². The summed E-state index contributed by atoms with van der Waals surface area (Å²) in [6.45, 7) is 3.83. The molecule has 0 heterocycles. The molecule has 112 valence electrons. The Morgan fingerprint density at radius 1 is 1.25 bits per heavy atom. The minimum absolute atomic E-state index is 0.237. The van der Waals surface area contributed by atoms with Gasteiger partial charge in [-0.25, -0.2) is 8.78 Å². The van der Waals surface area contributed by atoms with Crippen molar-refractivity contribution in [3.8, 4) is 0 Å². The lowest BCUT2D eigenvalue weighted by Gasteiger charge is -2.37. The Hall–Kier alpha value is -1.00. The zero-order chi connectivity index (χ0) is 14.7. The van der Waals surface area contributed by atoms with Gasteiger partial charge in [-0.2, -0.15) is 0 Å². The highest BCUT2D eigenvalue weighted by Crippen LogP contribution is 2.40. The zero-order valence-electron chi connectivity index (χ0n) is 12.3. The molecule has 1 aromatic rings. The number of aryl methyl sites for hydroxylation is 1. The summed E-state index contributed by atoms with van der Waals surface area (Å²) in [5, 5.41) is 0. The largest absolute Gasteiger partial charge is 0.271 e. The molecular formula is C16H24F2N2. The number of nitrogens with two attached hydrogens (primary N) is 1. The summed E-state index contributed by atoms with van der Waals surface area (Å²) in [5.74, 6) is 5.56. The van der Waals surface area contributed by atoms with Gasteiger partial charge in [0.05, 0.1) is 6.04 Å². The maximum atomic E-state index is 14.1. The number of benzene rings is 1. The van der Waals surface area contributed by atoms with Crippen LogP contribution in [0.3, 0.4) is 0 Å². The summed E-state index contributed by atoms with van der Waals surface area (Å²) in [6, 6.07) is 2.33. The van der Waals surface area contributed by atoms with Crippen molar-refractivity contribution in [1.29, 1.82) is 0 Å². The monoisotopic (exact) mass is 282 g/mol. The van der Waals surface area contributed by atoms with Crippen LogP contribution in [0.2, 0.25) is 0 Å². The van der Waals surface area contributed by atoms with Crippen molar-refractivity contribution >= 4 is 0 Å². The molecule has 3 unspecified atom stereocenters. The summed E-state index contributed by atoms with van der Waals surface area (Å²) >= 11 is 0. The van der Waals surface area contributed by atoms with Crippen molar-refractivity contribution in [1.82, 2.24) is 5.43 Å². The third kappa shape index (κ3) is 3.01. The lowest BCUT2D eigenvalue weighted by atomic mass is 9.72. The van der Waals surface area contributed by atoms with E-state index in [0.29, 0.717) is 23.0 Å². The van der Waals surface area contributed by atoms with Crippen molar-refractivity contribution in [2.45, 2.75) is 52.0 Å². The van der Waals surface area contributed by atoms with E-state index < -0.39 is 11.6 Å². The number of nitrogens with one attached hydrogen (secondary N) is 1. The molecule has 0 bridgehead atoms. The molecule has 0 saturated heterocycles. The van der Waals surface area contributed by atoms with Gasteiger partial charge in [0.15, 0.2) is 0 Å². The van der Waals surface area contributed by atoms with Gasteiger partial charge in [0.1, 0.15) is 11.6 Å². The summed E-state index contributed by atoms with van der Waals surface area (Å²) in [6.07, 6.45) is 5.67. The first-order chi connectivity index (χ1) is 9.58. The van der Waals surface area contributed by atoms with E-state index in [9.17, 15) is 8.78 Å². The van der Waals surface area contributed by atoms with E-state index >= 15 is 0 Å². The number of rotatable bonds is 4. The lowest BCUT2D eigenvalue weighted by molar-refractivity contribution is 0.173. The summed E-state index contributed by atoms with van der Waals surface area (Å²) in [5.41, 5.74) is 3.74. The second-order valence-corrected chi connectivity index (χ2v) is 5.88. The smallest absolute Gasteiger partial charge is 0.130 e. The predicted octanol–water partition coefficient (Wildman–Crippen LogP) is 3.99. The van der Waals surface area contributed by atoms with Crippen LogP contribution < -0.4 is 11.3 Å². The van der Waals surface area contributed by atoms with Crippen molar-refractivity contribution in [2.24, 2.45) is 17.7 Å². The van der Waals surface area contributed by atoms with Gasteiger partial charge in [-0.05, 0) is 36.8 Å². The molecule has 20 heavy (non-hydrogen) atoms. The van der Waals surface area contributed by atoms with Crippen LogP contribution in [0.15, 0.2) is 12.1 Å². The standard InChI is InChI=1S/C16H24F2N2/c1-3-11-6-4-5-7-12(11)16(20-19)13-8-10(2)14(17)9-15(13)18/h8-9,11-12,16,20H,3-7,19H2,1-2H3. The van der Waals surface area contributed by atoms with E-state index in [1.807, 2.05) is 0 Å². The Labute approximate surface area is 119 Å². The van der Waals surface area contributed by atoms with E-state index in [-0.39, 0.29) is 6.04 Å². The summed E-state index contributed by atoms with van der Waals surface area (Å²) in [4.78, 5) is 0. The number of hydrogen-bond acceptors (Lipinski definition) is 2. The highest BCUT2D eigenvalue weighted by atomic mass is 19.1. The highest BCUT2D eigenvalue weighted by molar-refractivity contribution is 5.29. The van der Waals surface area contributed by atoms with Crippen LogP contribution in [-0.4, -0.2) is 0 Å². The van der Waals surface area contributed by atoms with E-state index in [0.717, 1.165) is 25.3 Å². The van der Waals surface area contributed by atoms with Crippen LogP contribution >= 0.6 is 0 Å². The highest BCUT2D eigenvalue weighted by Gasteiger charge is 2.32. The Bertz CT molecular complexity index is 462. The van der Waals surface area contributed by atoms with Gasteiger partial charge >= 0.3 is 0 Å². The molecule has 3 atom stereocenters. The normalized spacial score (nSPS) is 24.6. The van der Waals surface area contributed by atoms with E-state index in [4.69, 9.17) is 5.84 Å². The Kier molecular flexibility index (Phi) is 5.11. The predicted molar refractivity (Wildman–Crippen MR) is 76.9 cm³/mol. The van der Waals surface area contributed by atoms with Gasteiger partial charge in [0.2, 0.25) is 0 Å². The van der Waals surface area contributed by atoms with E-state index in [1.165, 1.54) is 12.8 Å². The van der Waals surface area contributed by atoms with Gasteiger partial charge in [-0.1, -0.05) is 32.6 Å². The quantitative estimate of drug-likeness (QED) is 0.647. The third-order valence-electron chi connectivity index (χ3n) is 4.71. The van der Waals surface area contributed by atoms with Crippen LogP contribution in [0.1, 0.15) is 56.2 Å². The lowest BCUT2D eigenvalue weighted by Crippen LogP contribution is -2.38. The molecule has 2 rings (SSSR count). The van der Waals surface area contributed by atoms with Gasteiger partial charge in [0.25, 0.3) is 0 Å². The van der Waals surface area contributed by atoms with Gasteiger partial charge in [-0.15, -0.1) is 0 Å². The molecule has 0 spiro atoms. The van der Waals surface area contributed by atoms with Crippen molar-refractivity contribution in [2.75, 3.05) is 0 Å². The fraction of sp³-hybridized carbons (Fsp3) is 0.625. The number of halogens is 2. The molecule has 4 heteroatoms. The molecule has 1 aliphatic rings. The Morgan fingerprint density at radius 2 is 1.95 bits per heavy atom. The molecule has 1 saturated carbocycles. The molecule has 0 radical (unpaired) electrons. The molecule has 0 amide bonds. The second kappa shape index (κ2) is 6.64. The fourth-order valence-corrected chi connectivity index (χ4v) is 3.54. The van der Waals surface area contributed by atoms with Crippen molar-refractivity contribution in [3.63, 3.8) is 0 Å². The van der Waals surface area contributed by atoms with Gasteiger partial charge in [0, 0.05) is 11.6 Å². The van der Waals surface area contributed by atoms with Gasteiger partial charge in [-0.3, -0.25) is 11.3 Å². The second-order valence-electron chi connectivity index (χ2n) is 5.88. The van der Waals surface area contributed by atoms with E-state index in [2.05, 4.69) is 12.3 Å². The van der Waals surface area contributed by atoms with Crippen LogP contribution in [0.5, 0.6) is 0 Å². The first kappa shape index (κ1) is 15.4. The molecule has 1 aliphatic carbocycles. The molecule has 2 nitrogen and oxygen atoms in total. The Morgan fingerprint density at radius 3 is 2.60 bits per heavy atom. The average Bonchev–Trinajstić information content (AvgIpc) is 2.45. The third-order valence-corrected chi connectivity index (χ3v) is 4.71.